The molecule has 2 aromatic rings. The highest BCUT2D eigenvalue weighted by atomic mass is 35.5. The lowest BCUT2D eigenvalue weighted by Crippen LogP contribution is -1.90. The lowest BCUT2D eigenvalue weighted by atomic mass is 10.3. The van der Waals surface area contributed by atoms with Crippen molar-refractivity contribution in [2.75, 3.05) is 5.73 Å². The van der Waals surface area contributed by atoms with Crippen LogP contribution in [-0.4, -0.2) is 0 Å². The molecule has 0 heterocycles. The van der Waals surface area contributed by atoms with Crippen molar-refractivity contribution in [2.45, 2.75) is 0 Å². The number of benzene rings is 2. The predicted octanol–water partition coefficient (Wildman–Crippen LogP) is 3.62. The summed E-state index contributed by atoms with van der Waals surface area (Å²) in [6, 6.07) is 13.4. The zero-order valence-corrected chi connectivity index (χ0v) is 9.21. The Bertz CT molecular complexity index is 462. The number of hydrogen-bond donors (Lipinski definition) is 1. The van der Waals surface area contributed by atoms with Crippen molar-refractivity contribution in [1.82, 2.24) is 0 Å². The highest BCUT2D eigenvalue weighted by Crippen LogP contribution is 2.25. The van der Waals surface area contributed by atoms with Crippen molar-refractivity contribution in [3.8, 4) is 11.5 Å². The normalized spacial score (nSPS) is 9.31. The summed E-state index contributed by atoms with van der Waals surface area (Å²) in [4.78, 5) is 0. The monoisotopic (exact) mass is 239 g/mol. The number of anilines is 1. The van der Waals surface area contributed by atoms with Crippen molar-refractivity contribution >= 4 is 18.1 Å². The van der Waals surface area contributed by atoms with Crippen LogP contribution in [-0.2, 0) is 0 Å². The lowest BCUT2D eigenvalue weighted by Gasteiger charge is -2.06. The molecule has 16 heavy (non-hydrogen) atoms. The molecule has 0 aliphatic heterocycles. The Kier molecular flexibility index (Phi) is 4.14. The number of ether oxygens (including phenoxy) is 1. The Balaban J connectivity index is 0.00000128. The number of para-hydroxylation sites is 1. The van der Waals surface area contributed by atoms with Crippen LogP contribution in [0.25, 0.3) is 0 Å². The van der Waals surface area contributed by atoms with Gasteiger partial charge in [-0.1, -0.05) is 18.2 Å². The maximum Gasteiger partial charge on any atom is 0.167 e. The van der Waals surface area contributed by atoms with Crippen molar-refractivity contribution in [3.05, 3.63) is 54.3 Å². The molecule has 0 aromatic heterocycles. The van der Waals surface area contributed by atoms with Crippen molar-refractivity contribution in [2.24, 2.45) is 0 Å². The highest BCUT2D eigenvalue weighted by molar-refractivity contribution is 5.85. The van der Waals surface area contributed by atoms with Gasteiger partial charge in [-0.3, -0.25) is 0 Å². The summed E-state index contributed by atoms with van der Waals surface area (Å²) >= 11 is 0. The molecule has 0 atom stereocenters. The van der Waals surface area contributed by atoms with E-state index in [-0.39, 0.29) is 18.2 Å². The van der Waals surface area contributed by atoms with Crippen LogP contribution >= 0.6 is 12.4 Å². The minimum absolute atomic E-state index is 0. The number of nitrogens with two attached hydrogens (primary N) is 1. The second-order valence-corrected chi connectivity index (χ2v) is 3.10. The van der Waals surface area contributed by atoms with E-state index in [0.29, 0.717) is 11.4 Å². The van der Waals surface area contributed by atoms with Crippen LogP contribution in [0.15, 0.2) is 48.5 Å². The van der Waals surface area contributed by atoms with E-state index in [2.05, 4.69) is 0 Å². The first-order chi connectivity index (χ1) is 7.25. The Morgan fingerprint density at radius 1 is 1.00 bits per heavy atom. The topological polar surface area (TPSA) is 35.2 Å². The summed E-state index contributed by atoms with van der Waals surface area (Å²) in [5, 5.41) is 0. The van der Waals surface area contributed by atoms with Gasteiger partial charge in [-0.25, -0.2) is 4.39 Å². The maximum absolute atomic E-state index is 13.3. The Hall–Kier alpha value is -1.74. The molecule has 0 saturated carbocycles. The zero-order valence-electron chi connectivity index (χ0n) is 8.39. The van der Waals surface area contributed by atoms with Gasteiger partial charge in [-0.2, -0.15) is 0 Å². The van der Waals surface area contributed by atoms with Crippen LogP contribution in [0, 0.1) is 5.82 Å². The van der Waals surface area contributed by atoms with Crippen LogP contribution in [0.4, 0.5) is 10.1 Å². The van der Waals surface area contributed by atoms with Gasteiger partial charge in [0.25, 0.3) is 0 Å². The summed E-state index contributed by atoms with van der Waals surface area (Å²) in [6.45, 7) is 0. The summed E-state index contributed by atoms with van der Waals surface area (Å²) in [7, 11) is 0. The first-order valence-corrected chi connectivity index (χ1v) is 4.53. The van der Waals surface area contributed by atoms with Gasteiger partial charge in [0.2, 0.25) is 0 Å². The molecular formula is C12H11ClFNO. The SMILES string of the molecule is Cl.Nc1ccc(Oc2ccccc2)c(F)c1. The van der Waals surface area contributed by atoms with E-state index in [1.54, 1.807) is 18.2 Å². The van der Waals surface area contributed by atoms with Gasteiger partial charge < -0.3 is 10.5 Å². The third-order valence-electron chi connectivity index (χ3n) is 1.93. The first kappa shape index (κ1) is 12.3. The van der Waals surface area contributed by atoms with Gasteiger partial charge in [0.15, 0.2) is 11.6 Å². The Morgan fingerprint density at radius 2 is 1.69 bits per heavy atom. The van der Waals surface area contributed by atoms with Crippen LogP contribution in [0.5, 0.6) is 11.5 Å². The molecule has 2 nitrogen and oxygen atoms in total. The van der Waals surface area contributed by atoms with Crippen molar-refractivity contribution < 1.29 is 9.13 Å². The highest BCUT2D eigenvalue weighted by Gasteiger charge is 2.04. The second kappa shape index (κ2) is 5.37. The van der Waals surface area contributed by atoms with Gasteiger partial charge in [0.1, 0.15) is 5.75 Å². The molecular weight excluding hydrogens is 229 g/mol. The van der Waals surface area contributed by atoms with E-state index in [1.807, 2.05) is 18.2 Å². The molecule has 2 aromatic carbocycles. The van der Waals surface area contributed by atoms with Gasteiger partial charge >= 0.3 is 0 Å². The summed E-state index contributed by atoms with van der Waals surface area (Å²) in [5.41, 5.74) is 5.81. The Labute approximate surface area is 99.3 Å². The molecule has 0 fully saturated rings. The maximum atomic E-state index is 13.3. The van der Waals surface area contributed by atoms with Crippen LogP contribution in [0.1, 0.15) is 0 Å². The number of rotatable bonds is 2. The van der Waals surface area contributed by atoms with E-state index in [4.69, 9.17) is 10.5 Å². The van der Waals surface area contributed by atoms with Crippen molar-refractivity contribution in [3.63, 3.8) is 0 Å². The first-order valence-electron chi connectivity index (χ1n) is 4.53. The summed E-state index contributed by atoms with van der Waals surface area (Å²) in [5.74, 6) is 0.315. The third-order valence-corrected chi connectivity index (χ3v) is 1.93. The molecule has 0 saturated heterocycles. The van der Waals surface area contributed by atoms with E-state index >= 15 is 0 Å². The smallest absolute Gasteiger partial charge is 0.167 e. The molecule has 0 unspecified atom stereocenters. The molecule has 0 aliphatic rings. The number of hydrogen-bond acceptors (Lipinski definition) is 2. The molecule has 0 radical (unpaired) electrons. The van der Waals surface area contributed by atoms with Crippen molar-refractivity contribution in [1.29, 1.82) is 0 Å². The average molecular weight is 240 g/mol. The molecule has 0 bridgehead atoms. The molecule has 0 amide bonds. The van der Waals surface area contributed by atoms with Crippen LogP contribution < -0.4 is 10.5 Å². The van der Waals surface area contributed by atoms with E-state index in [0.717, 1.165) is 0 Å². The van der Waals surface area contributed by atoms with Gasteiger partial charge in [-0.05, 0) is 24.3 Å². The summed E-state index contributed by atoms with van der Waals surface area (Å²) < 4.78 is 18.7. The van der Waals surface area contributed by atoms with Gasteiger partial charge in [0.05, 0.1) is 0 Å². The van der Waals surface area contributed by atoms with E-state index < -0.39 is 5.82 Å². The Morgan fingerprint density at radius 3 is 2.31 bits per heavy atom. The minimum atomic E-state index is -0.459. The van der Waals surface area contributed by atoms with Crippen LogP contribution in [0.2, 0.25) is 0 Å². The molecule has 2 rings (SSSR count). The largest absolute Gasteiger partial charge is 0.454 e. The summed E-state index contributed by atoms with van der Waals surface area (Å²) in [6.07, 6.45) is 0. The second-order valence-electron chi connectivity index (χ2n) is 3.10. The fourth-order valence-corrected chi connectivity index (χ4v) is 1.22. The number of halogens is 2. The fraction of sp³-hybridized carbons (Fsp3) is 0. The quantitative estimate of drug-likeness (QED) is 0.813. The number of nitrogen functional groups attached to an aromatic ring is 1. The van der Waals surface area contributed by atoms with E-state index in [9.17, 15) is 4.39 Å². The van der Waals surface area contributed by atoms with Crippen LogP contribution in [0.3, 0.4) is 0 Å². The van der Waals surface area contributed by atoms with Gasteiger partial charge in [-0.15, -0.1) is 12.4 Å². The standard InChI is InChI=1S/C12H10FNO.ClH/c13-11-8-9(14)6-7-12(11)15-10-4-2-1-3-5-10;/h1-8H,14H2;1H. The van der Waals surface area contributed by atoms with Gasteiger partial charge in [0, 0.05) is 11.8 Å². The molecule has 0 aliphatic carbocycles. The molecule has 0 spiro atoms. The lowest BCUT2D eigenvalue weighted by molar-refractivity contribution is 0.442. The minimum Gasteiger partial charge on any atom is -0.454 e. The van der Waals surface area contributed by atoms with E-state index in [1.165, 1.54) is 12.1 Å². The average Bonchev–Trinajstić information content (AvgIpc) is 2.24. The molecule has 2 N–H and O–H groups in total. The zero-order chi connectivity index (χ0) is 10.7. The predicted molar refractivity (Wildman–Crippen MR) is 64.6 cm³/mol. The fourth-order valence-electron chi connectivity index (χ4n) is 1.22. The molecule has 84 valence electrons. The molecule has 4 heteroatoms. The third kappa shape index (κ3) is 2.87.